The van der Waals surface area contributed by atoms with E-state index in [0.29, 0.717) is 6.54 Å². The van der Waals surface area contributed by atoms with Crippen LogP contribution in [-0.2, 0) is 19.7 Å². The number of nitrogens with one attached hydrogen (secondary N) is 1. The van der Waals surface area contributed by atoms with E-state index >= 15 is 0 Å². The quantitative estimate of drug-likeness (QED) is 0.682. The summed E-state index contributed by atoms with van der Waals surface area (Å²) in [6, 6.07) is 7.81. The van der Waals surface area contributed by atoms with Gasteiger partial charge in [-0.2, -0.15) is 0 Å². The molecule has 0 aromatic heterocycles. The van der Waals surface area contributed by atoms with Gasteiger partial charge in [-0.3, -0.25) is 4.79 Å². The van der Waals surface area contributed by atoms with Gasteiger partial charge in [-0.05, 0) is 18.6 Å². The maximum absolute atomic E-state index is 11.5. The molecule has 0 heterocycles. The molecule has 0 fully saturated rings. The molecule has 1 rings (SSSR count). The van der Waals surface area contributed by atoms with Gasteiger partial charge in [0.15, 0.2) is 0 Å². The minimum absolute atomic E-state index is 0.194. The van der Waals surface area contributed by atoms with Crippen LogP contribution < -0.4 is 5.32 Å². The highest BCUT2D eigenvalue weighted by molar-refractivity contribution is 9.10. The number of hydrogen-bond acceptors (Lipinski definition) is 3. The number of carbonyl (C=O) groups excluding carboxylic acids is 2. The average molecular weight is 328 g/mol. The second kappa shape index (κ2) is 6.70. The van der Waals surface area contributed by atoms with Crippen LogP contribution in [0.4, 0.5) is 0 Å². The van der Waals surface area contributed by atoms with Crippen molar-refractivity contribution in [3.8, 4) is 0 Å². The van der Waals surface area contributed by atoms with E-state index in [9.17, 15) is 9.59 Å². The molecular formula is C14H18BrNO3. The third kappa shape index (κ3) is 4.35. The highest BCUT2D eigenvalue weighted by atomic mass is 79.9. The Hall–Kier alpha value is -1.36. The van der Waals surface area contributed by atoms with Crippen molar-refractivity contribution >= 4 is 27.8 Å². The van der Waals surface area contributed by atoms with Gasteiger partial charge in [0, 0.05) is 16.4 Å². The van der Waals surface area contributed by atoms with Crippen LogP contribution in [0.3, 0.4) is 0 Å². The molecular weight excluding hydrogens is 310 g/mol. The summed E-state index contributed by atoms with van der Waals surface area (Å²) in [5.74, 6) is -1.55. The maximum atomic E-state index is 11.5. The molecule has 4 nitrogen and oxygen atoms in total. The maximum Gasteiger partial charge on any atom is 0.396 e. The Balaban J connectivity index is 2.68. The van der Waals surface area contributed by atoms with Crippen LogP contribution in [0.25, 0.3) is 0 Å². The molecule has 0 radical (unpaired) electrons. The number of ether oxygens (including phenoxy) is 1. The zero-order valence-corrected chi connectivity index (χ0v) is 12.9. The van der Waals surface area contributed by atoms with Crippen molar-refractivity contribution in [2.45, 2.75) is 26.2 Å². The van der Waals surface area contributed by atoms with Crippen molar-refractivity contribution in [2.75, 3.05) is 13.2 Å². The second-order valence-corrected chi connectivity index (χ2v) is 5.62. The summed E-state index contributed by atoms with van der Waals surface area (Å²) in [7, 11) is 0. The lowest BCUT2D eigenvalue weighted by molar-refractivity contribution is -0.154. The molecule has 0 saturated carbocycles. The molecule has 0 unspecified atom stereocenters. The Bertz CT molecular complexity index is 472. The standard InChI is InChI=1S/C14H18BrNO3/c1-4-19-13(18)12(17)16-9-14(2,3)10-7-5-6-8-11(10)15/h5-8H,4,9H2,1-3H3,(H,16,17). The van der Waals surface area contributed by atoms with Crippen molar-refractivity contribution in [3.63, 3.8) is 0 Å². The molecule has 0 aliphatic rings. The third-order valence-corrected chi connectivity index (χ3v) is 3.45. The molecule has 0 atom stereocenters. The van der Waals surface area contributed by atoms with Crippen molar-refractivity contribution in [3.05, 3.63) is 34.3 Å². The fourth-order valence-electron chi connectivity index (χ4n) is 1.68. The van der Waals surface area contributed by atoms with E-state index in [0.717, 1.165) is 10.0 Å². The number of halogens is 1. The Morgan fingerprint density at radius 3 is 2.53 bits per heavy atom. The summed E-state index contributed by atoms with van der Waals surface area (Å²) in [6.45, 7) is 6.21. The van der Waals surface area contributed by atoms with E-state index in [1.165, 1.54) is 0 Å². The molecule has 0 aliphatic heterocycles. The van der Waals surface area contributed by atoms with Gasteiger partial charge in [0.25, 0.3) is 0 Å². The monoisotopic (exact) mass is 327 g/mol. The van der Waals surface area contributed by atoms with Crippen LogP contribution in [0.1, 0.15) is 26.3 Å². The van der Waals surface area contributed by atoms with Gasteiger partial charge in [-0.25, -0.2) is 4.79 Å². The summed E-state index contributed by atoms with van der Waals surface area (Å²) in [4.78, 5) is 22.7. The fourth-order valence-corrected chi connectivity index (χ4v) is 2.50. The van der Waals surface area contributed by atoms with Crippen LogP contribution >= 0.6 is 15.9 Å². The fraction of sp³-hybridized carbons (Fsp3) is 0.429. The second-order valence-electron chi connectivity index (χ2n) is 4.77. The Morgan fingerprint density at radius 1 is 1.32 bits per heavy atom. The summed E-state index contributed by atoms with van der Waals surface area (Å²) in [6.07, 6.45) is 0. The molecule has 1 amide bonds. The first kappa shape index (κ1) is 15.7. The van der Waals surface area contributed by atoms with Gasteiger partial charge in [-0.15, -0.1) is 0 Å². The summed E-state index contributed by atoms with van der Waals surface area (Å²) >= 11 is 3.49. The first-order chi connectivity index (χ1) is 8.88. The lowest BCUT2D eigenvalue weighted by Crippen LogP contribution is -2.40. The SMILES string of the molecule is CCOC(=O)C(=O)NCC(C)(C)c1ccccc1Br. The molecule has 104 valence electrons. The number of rotatable bonds is 4. The normalized spacial score (nSPS) is 10.9. The Kier molecular flexibility index (Phi) is 5.54. The predicted octanol–water partition coefficient (Wildman–Crippen LogP) is 2.41. The number of amides is 1. The van der Waals surface area contributed by atoms with Crippen LogP contribution in [0.15, 0.2) is 28.7 Å². The lowest BCUT2D eigenvalue weighted by atomic mass is 9.84. The van der Waals surface area contributed by atoms with Gasteiger partial charge in [-0.1, -0.05) is 48.0 Å². The smallest absolute Gasteiger partial charge is 0.396 e. The van der Waals surface area contributed by atoms with Crippen molar-refractivity contribution in [2.24, 2.45) is 0 Å². The molecule has 1 N–H and O–H groups in total. The van der Waals surface area contributed by atoms with Gasteiger partial charge < -0.3 is 10.1 Å². The van der Waals surface area contributed by atoms with E-state index in [2.05, 4.69) is 26.0 Å². The average Bonchev–Trinajstić information content (AvgIpc) is 2.36. The van der Waals surface area contributed by atoms with E-state index in [1.54, 1.807) is 6.92 Å². The first-order valence-electron chi connectivity index (χ1n) is 6.08. The van der Waals surface area contributed by atoms with Crippen molar-refractivity contribution in [1.82, 2.24) is 5.32 Å². The molecule has 19 heavy (non-hydrogen) atoms. The zero-order chi connectivity index (χ0) is 14.5. The predicted molar refractivity (Wildman–Crippen MR) is 76.8 cm³/mol. The highest BCUT2D eigenvalue weighted by Gasteiger charge is 2.25. The van der Waals surface area contributed by atoms with Gasteiger partial charge in [0.2, 0.25) is 0 Å². The largest absolute Gasteiger partial charge is 0.459 e. The molecule has 1 aromatic rings. The van der Waals surface area contributed by atoms with E-state index in [4.69, 9.17) is 0 Å². The topological polar surface area (TPSA) is 55.4 Å². The van der Waals surface area contributed by atoms with E-state index < -0.39 is 11.9 Å². The molecule has 1 aromatic carbocycles. The van der Waals surface area contributed by atoms with Crippen molar-refractivity contribution in [1.29, 1.82) is 0 Å². The van der Waals surface area contributed by atoms with Crippen molar-refractivity contribution < 1.29 is 14.3 Å². The summed E-state index contributed by atoms with van der Waals surface area (Å²) in [5, 5.41) is 2.60. The van der Waals surface area contributed by atoms with Crippen LogP contribution in [-0.4, -0.2) is 25.0 Å². The van der Waals surface area contributed by atoms with Gasteiger partial charge >= 0.3 is 11.9 Å². The van der Waals surface area contributed by atoms with Gasteiger partial charge in [0.1, 0.15) is 0 Å². The van der Waals surface area contributed by atoms with Crippen LogP contribution in [0.2, 0.25) is 0 Å². The molecule has 0 saturated heterocycles. The van der Waals surface area contributed by atoms with Crippen LogP contribution in [0, 0.1) is 0 Å². The number of carbonyl (C=O) groups is 2. The van der Waals surface area contributed by atoms with E-state index in [1.807, 2.05) is 38.1 Å². The number of hydrogen-bond donors (Lipinski definition) is 1. The first-order valence-corrected chi connectivity index (χ1v) is 6.87. The van der Waals surface area contributed by atoms with E-state index in [-0.39, 0.29) is 12.0 Å². The number of esters is 1. The summed E-state index contributed by atoms with van der Waals surface area (Å²) in [5.41, 5.74) is 0.779. The summed E-state index contributed by atoms with van der Waals surface area (Å²) < 4.78 is 5.62. The highest BCUT2D eigenvalue weighted by Crippen LogP contribution is 2.29. The Morgan fingerprint density at radius 2 is 1.95 bits per heavy atom. The molecule has 0 spiro atoms. The molecule has 0 aliphatic carbocycles. The van der Waals surface area contributed by atoms with Crippen LogP contribution in [0.5, 0.6) is 0 Å². The number of benzene rings is 1. The zero-order valence-electron chi connectivity index (χ0n) is 11.3. The minimum atomic E-state index is -0.842. The minimum Gasteiger partial charge on any atom is -0.459 e. The molecule has 0 bridgehead atoms. The Labute approximate surface area is 121 Å². The third-order valence-electron chi connectivity index (χ3n) is 2.75. The van der Waals surface area contributed by atoms with Gasteiger partial charge in [0.05, 0.1) is 6.61 Å². The lowest BCUT2D eigenvalue weighted by Gasteiger charge is -2.26. The molecule has 5 heteroatoms.